The Hall–Kier alpha value is -1.63. The molecule has 20 heavy (non-hydrogen) atoms. The number of amides is 1. The van der Waals surface area contributed by atoms with E-state index in [1.165, 1.54) is 18.2 Å². The number of hydrogen-bond donors (Lipinski definition) is 2. The number of sulfonamides is 1. The van der Waals surface area contributed by atoms with Crippen LogP contribution in [0.4, 0.5) is 10.1 Å². The SMILES string of the molecule is CCNC(=O)C(C)(C)c1ccc(NS(C)(=O)=O)c(F)c1. The van der Waals surface area contributed by atoms with Crippen LogP contribution in [0.5, 0.6) is 0 Å². The van der Waals surface area contributed by atoms with Gasteiger partial charge in [0.25, 0.3) is 0 Å². The number of hydrogen-bond acceptors (Lipinski definition) is 3. The second-order valence-corrected chi connectivity index (χ2v) is 6.80. The van der Waals surface area contributed by atoms with Crippen LogP contribution in [0.2, 0.25) is 0 Å². The van der Waals surface area contributed by atoms with Crippen molar-refractivity contribution in [1.29, 1.82) is 0 Å². The van der Waals surface area contributed by atoms with Gasteiger partial charge in [-0.15, -0.1) is 0 Å². The molecule has 1 aromatic carbocycles. The van der Waals surface area contributed by atoms with Gasteiger partial charge in [-0.3, -0.25) is 9.52 Å². The van der Waals surface area contributed by atoms with Gasteiger partial charge in [0.2, 0.25) is 15.9 Å². The Morgan fingerprint density at radius 2 is 1.95 bits per heavy atom. The summed E-state index contributed by atoms with van der Waals surface area (Å²) in [6, 6.07) is 4.02. The highest BCUT2D eigenvalue weighted by Crippen LogP contribution is 2.27. The number of anilines is 1. The van der Waals surface area contributed by atoms with Gasteiger partial charge in [-0.25, -0.2) is 12.8 Å². The van der Waals surface area contributed by atoms with Crippen LogP contribution in [0, 0.1) is 5.82 Å². The second kappa shape index (κ2) is 5.78. The van der Waals surface area contributed by atoms with Crippen molar-refractivity contribution < 1.29 is 17.6 Å². The van der Waals surface area contributed by atoms with E-state index < -0.39 is 21.3 Å². The van der Waals surface area contributed by atoms with E-state index in [0.29, 0.717) is 12.1 Å². The first kappa shape index (κ1) is 16.4. The molecule has 0 heterocycles. The first-order valence-electron chi connectivity index (χ1n) is 6.14. The summed E-state index contributed by atoms with van der Waals surface area (Å²) in [5.74, 6) is -0.937. The molecule has 112 valence electrons. The molecule has 1 aromatic rings. The summed E-state index contributed by atoms with van der Waals surface area (Å²) >= 11 is 0. The van der Waals surface area contributed by atoms with E-state index in [0.717, 1.165) is 6.26 Å². The fourth-order valence-corrected chi connectivity index (χ4v) is 2.26. The van der Waals surface area contributed by atoms with Gasteiger partial charge in [-0.05, 0) is 38.5 Å². The lowest BCUT2D eigenvalue weighted by Gasteiger charge is -2.24. The maximum Gasteiger partial charge on any atom is 0.230 e. The molecule has 0 saturated heterocycles. The van der Waals surface area contributed by atoms with E-state index in [4.69, 9.17) is 0 Å². The number of nitrogens with one attached hydrogen (secondary N) is 2. The van der Waals surface area contributed by atoms with Crippen molar-refractivity contribution in [3.8, 4) is 0 Å². The first-order valence-corrected chi connectivity index (χ1v) is 8.03. The molecule has 0 saturated carbocycles. The predicted molar refractivity (Wildman–Crippen MR) is 76.6 cm³/mol. The van der Waals surface area contributed by atoms with Crippen molar-refractivity contribution >= 4 is 21.6 Å². The maximum absolute atomic E-state index is 13.9. The molecule has 0 aliphatic carbocycles. The van der Waals surface area contributed by atoms with Crippen LogP contribution in [0.3, 0.4) is 0 Å². The third-order valence-corrected chi connectivity index (χ3v) is 3.48. The zero-order valence-electron chi connectivity index (χ0n) is 12.0. The largest absolute Gasteiger partial charge is 0.356 e. The summed E-state index contributed by atoms with van der Waals surface area (Å²) in [6.07, 6.45) is 0.943. The van der Waals surface area contributed by atoms with E-state index >= 15 is 0 Å². The Bertz CT molecular complexity index is 612. The fraction of sp³-hybridized carbons (Fsp3) is 0.462. The van der Waals surface area contributed by atoms with E-state index in [1.54, 1.807) is 20.8 Å². The number of halogens is 1. The van der Waals surface area contributed by atoms with Gasteiger partial charge in [0.05, 0.1) is 17.4 Å². The fourth-order valence-electron chi connectivity index (χ4n) is 1.70. The van der Waals surface area contributed by atoms with Gasteiger partial charge in [0.15, 0.2) is 0 Å². The molecule has 0 aliphatic heterocycles. The molecular weight excluding hydrogens is 283 g/mol. The molecule has 0 unspecified atom stereocenters. The van der Waals surface area contributed by atoms with Gasteiger partial charge in [0.1, 0.15) is 5.82 Å². The van der Waals surface area contributed by atoms with Crippen LogP contribution in [-0.2, 0) is 20.2 Å². The van der Waals surface area contributed by atoms with Crippen LogP contribution >= 0.6 is 0 Å². The van der Waals surface area contributed by atoms with Crippen LogP contribution in [0.1, 0.15) is 26.3 Å². The monoisotopic (exact) mass is 302 g/mol. The van der Waals surface area contributed by atoms with E-state index in [9.17, 15) is 17.6 Å². The van der Waals surface area contributed by atoms with Gasteiger partial charge in [-0.2, -0.15) is 0 Å². The molecule has 0 atom stereocenters. The third kappa shape index (κ3) is 3.93. The molecule has 5 nitrogen and oxygen atoms in total. The highest BCUT2D eigenvalue weighted by atomic mass is 32.2. The molecular formula is C13H19FN2O3S. The van der Waals surface area contributed by atoms with Crippen molar-refractivity contribution in [1.82, 2.24) is 5.32 Å². The number of carbonyl (C=O) groups excluding carboxylic acids is 1. The van der Waals surface area contributed by atoms with Gasteiger partial charge in [0, 0.05) is 6.54 Å². The van der Waals surface area contributed by atoms with Crippen LogP contribution in [-0.4, -0.2) is 27.1 Å². The summed E-state index contributed by atoms with van der Waals surface area (Å²) in [5.41, 5.74) is -0.566. The summed E-state index contributed by atoms with van der Waals surface area (Å²) in [6.45, 7) is 5.64. The summed E-state index contributed by atoms with van der Waals surface area (Å²) in [7, 11) is -3.54. The van der Waals surface area contributed by atoms with E-state index in [1.807, 2.05) is 0 Å². The summed E-state index contributed by atoms with van der Waals surface area (Å²) in [5, 5.41) is 2.68. The topological polar surface area (TPSA) is 75.3 Å². The lowest BCUT2D eigenvalue weighted by molar-refractivity contribution is -0.125. The Morgan fingerprint density at radius 3 is 2.40 bits per heavy atom. The number of rotatable bonds is 5. The van der Waals surface area contributed by atoms with Gasteiger partial charge in [-0.1, -0.05) is 6.07 Å². The Kier molecular flexibility index (Phi) is 4.75. The second-order valence-electron chi connectivity index (χ2n) is 5.05. The minimum absolute atomic E-state index is 0.136. The highest BCUT2D eigenvalue weighted by molar-refractivity contribution is 7.92. The Labute approximate surface area is 118 Å². The van der Waals surface area contributed by atoms with Crippen LogP contribution in [0.25, 0.3) is 0 Å². The smallest absolute Gasteiger partial charge is 0.230 e. The Balaban J connectivity index is 3.12. The lowest BCUT2D eigenvalue weighted by Crippen LogP contribution is -2.40. The zero-order chi connectivity index (χ0) is 15.6. The minimum Gasteiger partial charge on any atom is -0.356 e. The molecule has 7 heteroatoms. The third-order valence-electron chi connectivity index (χ3n) is 2.89. The maximum atomic E-state index is 13.9. The first-order chi connectivity index (χ1) is 9.08. The lowest BCUT2D eigenvalue weighted by atomic mass is 9.83. The average Bonchev–Trinajstić information content (AvgIpc) is 2.30. The summed E-state index contributed by atoms with van der Waals surface area (Å²) < 4.78 is 38.2. The number of carbonyl (C=O) groups is 1. The molecule has 0 radical (unpaired) electrons. The van der Waals surface area contributed by atoms with Gasteiger partial charge < -0.3 is 5.32 Å². The minimum atomic E-state index is -3.54. The van der Waals surface area contributed by atoms with Gasteiger partial charge >= 0.3 is 0 Å². The standard InChI is InChI=1S/C13H19FN2O3S/c1-5-15-12(17)13(2,3)9-6-7-11(10(14)8-9)16-20(4,18)19/h6-8,16H,5H2,1-4H3,(H,15,17). The molecule has 0 aromatic heterocycles. The molecule has 0 bridgehead atoms. The molecule has 1 rings (SSSR count). The quantitative estimate of drug-likeness (QED) is 0.867. The van der Waals surface area contributed by atoms with Crippen molar-refractivity contribution in [2.24, 2.45) is 0 Å². The molecule has 0 spiro atoms. The predicted octanol–water partition coefficient (Wildman–Crippen LogP) is 1.61. The van der Waals surface area contributed by atoms with Crippen LogP contribution < -0.4 is 10.0 Å². The molecule has 2 N–H and O–H groups in total. The van der Waals surface area contributed by atoms with Crippen LogP contribution in [0.15, 0.2) is 18.2 Å². The van der Waals surface area contributed by atoms with Crippen molar-refractivity contribution in [3.05, 3.63) is 29.6 Å². The van der Waals surface area contributed by atoms with E-state index in [-0.39, 0.29) is 11.6 Å². The van der Waals surface area contributed by atoms with Crippen molar-refractivity contribution in [2.75, 3.05) is 17.5 Å². The summed E-state index contributed by atoms with van der Waals surface area (Å²) in [4.78, 5) is 11.9. The Morgan fingerprint density at radius 1 is 1.35 bits per heavy atom. The normalized spacial score (nSPS) is 12.1. The molecule has 1 amide bonds. The van der Waals surface area contributed by atoms with Crippen molar-refractivity contribution in [3.63, 3.8) is 0 Å². The highest BCUT2D eigenvalue weighted by Gasteiger charge is 2.30. The molecule has 0 aliphatic rings. The van der Waals surface area contributed by atoms with Crippen molar-refractivity contribution in [2.45, 2.75) is 26.2 Å². The molecule has 0 fully saturated rings. The number of benzene rings is 1. The van der Waals surface area contributed by atoms with E-state index in [2.05, 4.69) is 10.0 Å². The number of likely N-dealkylation sites (N-methyl/N-ethyl adjacent to an activating group) is 1. The zero-order valence-corrected chi connectivity index (χ0v) is 12.8. The average molecular weight is 302 g/mol.